The van der Waals surface area contributed by atoms with Gasteiger partial charge in [-0.15, -0.1) is 0 Å². The molecule has 1 heterocycles. The zero-order valence-corrected chi connectivity index (χ0v) is 17.9. The number of aryl methyl sites for hydroxylation is 4. The van der Waals surface area contributed by atoms with Gasteiger partial charge in [0.2, 0.25) is 0 Å². The van der Waals surface area contributed by atoms with E-state index >= 15 is 0 Å². The van der Waals surface area contributed by atoms with Crippen LogP contribution in [-0.4, -0.2) is 11.8 Å². The Morgan fingerprint density at radius 1 is 0.774 bits per heavy atom. The topological polar surface area (TPSA) is 49.4 Å². The van der Waals surface area contributed by atoms with E-state index in [9.17, 15) is 14.0 Å². The second kappa shape index (κ2) is 7.84. The molecule has 2 amide bonds. The maximum Gasteiger partial charge on any atom is 0.282 e. The first kappa shape index (κ1) is 20.5. The molecule has 3 aromatic rings. The number of carbonyl (C=O) groups is 2. The SMILES string of the molecule is Cc1cc(C)cc(NC2=C(c3ccc(C)cc3C)C(=O)N(c3ccccc3F)C2=O)c1. The van der Waals surface area contributed by atoms with Gasteiger partial charge in [-0.1, -0.05) is 42.0 Å². The van der Waals surface area contributed by atoms with Crippen molar-refractivity contribution in [3.05, 3.63) is 100.0 Å². The van der Waals surface area contributed by atoms with Crippen molar-refractivity contribution in [2.45, 2.75) is 27.7 Å². The van der Waals surface area contributed by atoms with Crippen molar-refractivity contribution in [1.29, 1.82) is 0 Å². The average molecular weight is 414 g/mol. The highest BCUT2D eigenvalue weighted by Crippen LogP contribution is 2.36. The van der Waals surface area contributed by atoms with Crippen molar-refractivity contribution >= 4 is 28.8 Å². The monoisotopic (exact) mass is 414 g/mol. The van der Waals surface area contributed by atoms with Gasteiger partial charge < -0.3 is 5.32 Å². The molecule has 0 bridgehead atoms. The molecule has 0 unspecified atom stereocenters. The van der Waals surface area contributed by atoms with Crippen molar-refractivity contribution in [2.24, 2.45) is 0 Å². The van der Waals surface area contributed by atoms with Crippen molar-refractivity contribution in [1.82, 2.24) is 0 Å². The molecule has 0 aliphatic carbocycles. The molecule has 0 fully saturated rings. The molecule has 1 aliphatic heterocycles. The van der Waals surface area contributed by atoms with Gasteiger partial charge in [0.05, 0.1) is 11.3 Å². The Balaban J connectivity index is 1.89. The summed E-state index contributed by atoms with van der Waals surface area (Å²) in [5.41, 5.74) is 5.64. The summed E-state index contributed by atoms with van der Waals surface area (Å²) in [7, 11) is 0. The van der Waals surface area contributed by atoms with Crippen LogP contribution in [0.1, 0.15) is 27.8 Å². The van der Waals surface area contributed by atoms with Crippen molar-refractivity contribution in [3.63, 3.8) is 0 Å². The summed E-state index contributed by atoms with van der Waals surface area (Å²) in [4.78, 5) is 27.8. The number of nitrogens with one attached hydrogen (secondary N) is 1. The highest BCUT2D eigenvalue weighted by Gasteiger charge is 2.41. The van der Waals surface area contributed by atoms with Crippen LogP contribution in [0.5, 0.6) is 0 Å². The highest BCUT2D eigenvalue weighted by atomic mass is 19.1. The minimum atomic E-state index is -0.628. The molecule has 0 spiro atoms. The fourth-order valence-corrected chi connectivity index (χ4v) is 4.03. The number of anilines is 2. The third-order valence-corrected chi connectivity index (χ3v) is 5.32. The van der Waals surface area contributed by atoms with Crippen LogP contribution in [0.4, 0.5) is 15.8 Å². The van der Waals surface area contributed by atoms with E-state index in [-0.39, 0.29) is 17.0 Å². The zero-order valence-electron chi connectivity index (χ0n) is 17.9. The maximum atomic E-state index is 14.5. The summed E-state index contributed by atoms with van der Waals surface area (Å²) in [5, 5.41) is 3.16. The lowest BCUT2D eigenvalue weighted by atomic mass is 9.97. The predicted molar refractivity (Wildman–Crippen MR) is 121 cm³/mol. The number of amides is 2. The van der Waals surface area contributed by atoms with Crippen molar-refractivity contribution in [3.8, 4) is 0 Å². The van der Waals surface area contributed by atoms with Crippen molar-refractivity contribution < 1.29 is 14.0 Å². The van der Waals surface area contributed by atoms with Crippen molar-refractivity contribution in [2.75, 3.05) is 10.2 Å². The molecule has 5 heteroatoms. The number of rotatable bonds is 4. The maximum absolute atomic E-state index is 14.5. The van der Waals surface area contributed by atoms with Crippen LogP contribution in [0.2, 0.25) is 0 Å². The van der Waals surface area contributed by atoms with E-state index in [1.165, 1.54) is 18.2 Å². The molecule has 0 aromatic heterocycles. The highest BCUT2D eigenvalue weighted by molar-refractivity contribution is 6.46. The lowest BCUT2D eigenvalue weighted by molar-refractivity contribution is -0.120. The standard InChI is InChI=1S/C26H23FN2O2/c1-15-9-10-20(18(4)12-15)23-24(28-19-13-16(2)11-17(3)14-19)26(31)29(25(23)30)22-8-6-5-7-21(22)27/h5-14,28H,1-4H3. The average Bonchev–Trinajstić information content (AvgIpc) is 2.92. The number of hydrogen-bond donors (Lipinski definition) is 1. The number of imide groups is 1. The van der Waals surface area contributed by atoms with E-state index in [0.717, 1.165) is 27.2 Å². The van der Waals surface area contributed by atoms with Gasteiger partial charge >= 0.3 is 0 Å². The van der Waals surface area contributed by atoms with Gasteiger partial charge in [0.25, 0.3) is 11.8 Å². The van der Waals surface area contributed by atoms with Gasteiger partial charge in [-0.05, 0) is 74.2 Å². The summed E-state index contributed by atoms with van der Waals surface area (Å²) in [6.07, 6.45) is 0. The smallest absolute Gasteiger partial charge is 0.282 e. The minimum absolute atomic E-state index is 0.0583. The van der Waals surface area contributed by atoms with Gasteiger partial charge in [0.1, 0.15) is 11.5 Å². The zero-order chi connectivity index (χ0) is 22.3. The summed E-state index contributed by atoms with van der Waals surface area (Å²) >= 11 is 0. The molecule has 4 rings (SSSR count). The van der Waals surface area contributed by atoms with Crippen LogP contribution in [-0.2, 0) is 9.59 Å². The molecule has 1 aliphatic rings. The Kier molecular flexibility index (Phi) is 5.19. The minimum Gasteiger partial charge on any atom is -0.350 e. The van der Waals surface area contributed by atoms with E-state index in [0.29, 0.717) is 11.3 Å². The quantitative estimate of drug-likeness (QED) is 0.577. The molecular weight excluding hydrogens is 391 g/mol. The van der Waals surface area contributed by atoms with Crippen LogP contribution in [0.15, 0.2) is 66.4 Å². The first-order valence-corrected chi connectivity index (χ1v) is 10.1. The van der Waals surface area contributed by atoms with Gasteiger partial charge in [0.15, 0.2) is 0 Å². The van der Waals surface area contributed by atoms with E-state index in [4.69, 9.17) is 0 Å². The van der Waals surface area contributed by atoms with Crippen LogP contribution >= 0.6 is 0 Å². The van der Waals surface area contributed by atoms with Crippen LogP contribution in [0.3, 0.4) is 0 Å². The van der Waals surface area contributed by atoms with Crippen LogP contribution in [0, 0.1) is 33.5 Å². The van der Waals surface area contributed by atoms with E-state index < -0.39 is 17.6 Å². The number of hydrogen-bond acceptors (Lipinski definition) is 3. The number of benzene rings is 3. The van der Waals surface area contributed by atoms with E-state index in [1.54, 1.807) is 6.07 Å². The molecular formula is C26H23FN2O2. The fraction of sp³-hybridized carbons (Fsp3) is 0.154. The van der Waals surface area contributed by atoms with Gasteiger partial charge in [-0.3, -0.25) is 9.59 Å². The molecule has 0 atom stereocenters. The second-order valence-electron chi connectivity index (χ2n) is 7.97. The molecule has 0 saturated heterocycles. The molecule has 0 saturated carbocycles. The number of halogens is 1. The molecule has 4 nitrogen and oxygen atoms in total. The predicted octanol–water partition coefficient (Wildman–Crippen LogP) is 5.46. The Hall–Kier alpha value is -3.73. The molecule has 156 valence electrons. The Morgan fingerprint density at radius 2 is 1.45 bits per heavy atom. The van der Waals surface area contributed by atoms with Crippen LogP contribution < -0.4 is 10.2 Å². The first-order chi connectivity index (χ1) is 14.8. The largest absolute Gasteiger partial charge is 0.350 e. The Labute approximate surface area is 181 Å². The number of nitrogens with zero attached hydrogens (tertiary/aromatic N) is 1. The normalized spacial score (nSPS) is 13.9. The number of para-hydroxylation sites is 1. The summed E-state index contributed by atoms with van der Waals surface area (Å²) in [6, 6.07) is 17.3. The van der Waals surface area contributed by atoms with Gasteiger partial charge in [-0.2, -0.15) is 0 Å². The Morgan fingerprint density at radius 3 is 2.10 bits per heavy atom. The summed E-state index contributed by atoms with van der Waals surface area (Å²) in [6.45, 7) is 7.79. The molecule has 0 radical (unpaired) electrons. The fourth-order valence-electron chi connectivity index (χ4n) is 4.03. The third-order valence-electron chi connectivity index (χ3n) is 5.32. The van der Waals surface area contributed by atoms with Gasteiger partial charge in [-0.25, -0.2) is 9.29 Å². The lowest BCUT2D eigenvalue weighted by Gasteiger charge is -2.16. The number of carbonyl (C=O) groups excluding carboxylic acids is 2. The molecule has 31 heavy (non-hydrogen) atoms. The Bertz CT molecular complexity index is 1240. The molecule has 1 N–H and O–H groups in total. The first-order valence-electron chi connectivity index (χ1n) is 10.1. The molecule has 3 aromatic carbocycles. The third kappa shape index (κ3) is 3.75. The second-order valence-corrected chi connectivity index (χ2v) is 7.97. The summed E-state index contributed by atoms with van der Waals surface area (Å²) in [5.74, 6) is -1.75. The van der Waals surface area contributed by atoms with E-state index in [1.807, 2.05) is 64.1 Å². The van der Waals surface area contributed by atoms with Gasteiger partial charge in [0, 0.05) is 5.69 Å². The van der Waals surface area contributed by atoms with E-state index in [2.05, 4.69) is 5.32 Å². The van der Waals surface area contributed by atoms with Crippen LogP contribution in [0.25, 0.3) is 5.57 Å². The lowest BCUT2D eigenvalue weighted by Crippen LogP contribution is -2.33. The summed E-state index contributed by atoms with van der Waals surface area (Å²) < 4.78 is 14.5.